The molecule has 0 spiro atoms. The third-order valence-corrected chi connectivity index (χ3v) is 4.06. The summed E-state index contributed by atoms with van der Waals surface area (Å²) in [4.78, 5) is 30.1. The van der Waals surface area contributed by atoms with E-state index in [1.54, 1.807) is 19.0 Å². The van der Waals surface area contributed by atoms with E-state index in [9.17, 15) is 9.59 Å². The normalized spacial score (nSPS) is 14.2. The quantitative estimate of drug-likeness (QED) is 0.784. The molecule has 0 bridgehead atoms. The molecule has 0 saturated heterocycles. The number of hydrogen-bond donors (Lipinski definition) is 0. The van der Waals surface area contributed by atoms with E-state index in [0.717, 1.165) is 11.3 Å². The Hall–Kier alpha value is -2.90. The molecule has 0 aliphatic carbocycles. The molecule has 1 aliphatic heterocycles. The van der Waals surface area contributed by atoms with Crippen LogP contribution in [0.15, 0.2) is 39.0 Å². The standard InChI is InChI=1S/C17H22N6O2/c1-6-7-8-23-16-18-14-13(21(16)10-12(4)19-23)15(24)22(9-11(2)3)17(25)20(14)5/h6-7H,2,8-10H2,1,3-5H3. The topological polar surface area (TPSA) is 77.4 Å². The first kappa shape index (κ1) is 16.9. The van der Waals surface area contributed by atoms with E-state index < -0.39 is 5.69 Å². The number of aryl methyl sites for hydroxylation is 1. The van der Waals surface area contributed by atoms with E-state index in [1.807, 2.05) is 30.6 Å². The summed E-state index contributed by atoms with van der Waals surface area (Å²) in [7, 11) is 1.63. The van der Waals surface area contributed by atoms with Gasteiger partial charge in [0.15, 0.2) is 11.2 Å². The molecule has 0 N–H and O–H groups in total. The van der Waals surface area contributed by atoms with E-state index >= 15 is 0 Å². The van der Waals surface area contributed by atoms with Crippen LogP contribution >= 0.6 is 0 Å². The Bertz CT molecular complexity index is 1030. The highest BCUT2D eigenvalue weighted by Gasteiger charge is 2.26. The summed E-state index contributed by atoms with van der Waals surface area (Å²) in [5.74, 6) is 0.568. The van der Waals surface area contributed by atoms with Gasteiger partial charge in [-0.3, -0.25) is 18.5 Å². The smallest absolute Gasteiger partial charge is 0.297 e. The summed E-state index contributed by atoms with van der Waals surface area (Å²) in [6.07, 6.45) is 3.90. The van der Waals surface area contributed by atoms with Crippen LogP contribution in [0.5, 0.6) is 0 Å². The average Bonchev–Trinajstić information content (AvgIpc) is 2.94. The second-order valence-corrected chi connectivity index (χ2v) is 6.35. The number of fused-ring (bicyclic) bond motifs is 3. The van der Waals surface area contributed by atoms with Gasteiger partial charge in [-0.15, -0.1) is 0 Å². The number of anilines is 1. The molecule has 0 unspecified atom stereocenters. The van der Waals surface area contributed by atoms with Crippen molar-refractivity contribution in [2.24, 2.45) is 12.1 Å². The number of imidazole rings is 1. The van der Waals surface area contributed by atoms with Gasteiger partial charge in [-0.05, 0) is 20.8 Å². The van der Waals surface area contributed by atoms with Crippen LogP contribution in [0, 0.1) is 0 Å². The third kappa shape index (κ3) is 2.73. The summed E-state index contributed by atoms with van der Waals surface area (Å²) in [5, 5.41) is 6.26. The average molecular weight is 342 g/mol. The maximum atomic E-state index is 13.0. The van der Waals surface area contributed by atoms with E-state index in [1.165, 1.54) is 9.13 Å². The zero-order valence-corrected chi connectivity index (χ0v) is 15.0. The van der Waals surface area contributed by atoms with Crippen LogP contribution in [0.1, 0.15) is 20.8 Å². The van der Waals surface area contributed by atoms with Crippen LogP contribution in [-0.4, -0.2) is 30.9 Å². The van der Waals surface area contributed by atoms with Crippen molar-refractivity contribution < 1.29 is 0 Å². The van der Waals surface area contributed by atoms with Gasteiger partial charge >= 0.3 is 5.69 Å². The molecule has 2 aromatic heterocycles. The highest BCUT2D eigenvalue weighted by atomic mass is 16.2. The SMILES string of the molecule is C=C(C)Cn1c(=O)c2c(nc3n2CC(C)=NN3CC=CC)n(C)c1=O. The largest absolute Gasteiger partial charge is 0.332 e. The zero-order valence-electron chi connectivity index (χ0n) is 15.0. The fraction of sp³-hybridized carbons (Fsp3) is 0.412. The molecule has 3 heterocycles. The number of nitrogens with zero attached hydrogens (tertiary/aromatic N) is 6. The second-order valence-electron chi connectivity index (χ2n) is 6.35. The van der Waals surface area contributed by atoms with E-state index in [4.69, 9.17) is 0 Å². The number of rotatable bonds is 4. The van der Waals surface area contributed by atoms with Crippen molar-refractivity contribution in [1.82, 2.24) is 18.7 Å². The highest BCUT2D eigenvalue weighted by molar-refractivity contribution is 5.87. The van der Waals surface area contributed by atoms with Crippen LogP contribution in [-0.2, 0) is 20.1 Å². The number of hydrogen-bond acceptors (Lipinski definition) is 5. The third-order valence-electron chi connectivity index (χ3n) is 4.06. The summed E-state index contributed by atoms with van der Waals surface area (Å²) >= 11 is 0. The summed E-state index contributed by atoms with van der Waals surface area (Å²) in [6, 6.07) is 0. The highest BCUT2D eigenvalue weighted by Crippen LogP contribution is 2.23. The molecule has 0 aromatic carbocycles. The Kier molecular flexibility index (Phi) is 4.20. The first-order chi connectivity index (χ1) is 11.8. The maximum Gasteiger partial charge on any atom is 0.332 e. The fourth-order valence-electron chi connectivity index (χ4n) is 2.96. The first-order valence-electron chi connectivity index (χ1n) is 8.12. The Morgan fingerprint density at radius 1 is 1.36 bits per heavy atom. The van der Waals surface area contributed by atoms with Gasteiger partial charge in [0.05, 0.1) is 25.3 Å². The molecule has 25 heavy (non-hydrogen) atoms. The lowest BCUT2D eigenvalue weighted by Gasteiger charge is -2.23. The van der Waals surface area contributed by atoms with Crippen LogP contribution in [0.25, 0.3) is 11.2 Å². The van der Waals surface area contributed by atoms with Crippen molar-refractivity contribution in [2.45, 2.75) is 33.9 Å². The number of hydrazone groups is 1. The molecule has 0 radical (unpaired) electrons. The van der Waals surface area contributed by atoms with Gasteiger partial charge in [-0.25, -0.2) is 9.80 Å². The van der Waals surface area contributed by atoms with Crippen LogP contribution < -0.4 is 16.3 Å². The van der Waals surface area contributed by atoms with Crippen molar-refractivity contribution in [3.05, 3.63) is 45.1 Å². The molecule has 0 atom stereocenters. The first-order valence-corrected chi connectivity index (χ1v) is 8.12. The number of allylic oxidation sites excluding steroid dienone is 2. The van der Waals surface area contributed by atoms with Crippen molar-refractivity contribution >= 4 is 22.8 Å². The zero-order chi connectivity index (χ0) is 18.3. The molecule has 0 saturated carbocycles. The van der Waals surface area contributed by atoms with Gasteiger partial charge in [-0.1, -0.05) is 24.3 Å². The van der Waals surface area contributed by atoms with Gasteiger partial charge in [0, 0.05) is 7.05 Å². The molecule has 132 valence electrons. The molecule has 1 aliphatic rings. The van der Waals surface area contributed by atoms with Crippen LogP contribution in [0.2, 0.25) is 0 Å². The minimum absolute atomic E-state index is 0.192. The van der Waals surface area contributed by atoms with E-state index in [-0.39, 0.29) is 12.1 Å². The molecular formula is C17H22N6O2. The van der Waals surface area contributed by atoms with E-state index in [0.29, 0.717) is 30.2 Å². The summed E-state index contributed by atoms with van der Waals surface area (Å²) in [6.45, 7) is 10.7. The fourth-order valence-corrected chi connectivity index (χ4v) is 2.96. The number of aromatic nitrogens is 4. The van der Waals surface area contributed by atoms with Crippen molar-refractivity contribution in [1.29, 1.82) is 0 Å². The predicted molar refractivity (Wildman–Crippen MR) is 99.3 cm³/mol. The Morgan fingerprint density at radius 3 is 2.72 bits per heavy atom. The van der Waals surface area contributed by atoms with Crippen LogP contribution in [0.4, 0.5) is 5.95 Å². The second kappa shape index (κ2) is 6.19. The molecular weight excluding hydrogens is 320 g/mol. The lowest BCUT2D eigenvalue weighted by molar-refractivity contribution is 0.648. The van der Waals surface area contributed by atoms with Gasteiger partial charge in [0.25, 0.3) is 5.56 Å². The van der Waals surface area contributed by atoms with Crippen molar-refractivity contribution in [3.63, 3.8) is 0 Å². The van der Waals surface area contributed by atoms with Gasteiger partial charge in [-0.2, -0.15) is 10.1 Å². The Labute approximate surface area is 145 Å². The molecule has 2 aromatic rings. The van der Waals surface area contributed by atoms with E-state index in [2.05, 4.69) is 16.7 Å². The van der Waals surface area contributed by atoms with Crippen molar-refractivity contribution in [2.75, 3.05) is 11.6 Å². The monoisotopic (exact) mass is 342 g/mol. The Morgan fingerprint density at radius 2 is 2.08 bits per heavy atom. The lowest BCUT2D eigenvalue weighted by atomic mass is 10.3. The molecule has 0 amide bonds. The lowest BCUT2D eigenvalue weighted by Crippen LogP contribution is -2.40. The molecule has 8 nitrogen and oxygen atoms in total. The minimum Gasteiger partial charge on any atom is -0.297 e. The predicted octanol–water partition coefficient (Wildman–Crippen LogP) is 1.24. The maximum absolute atomic E-state index is 13.0. The molecule has 0 fully saturated rings. The van der Waals surface area contributed by atoms with Gasteiger partial charge < -0.3 is 0 Å². The summed E-state index contributed by atoms with van der Waals surface area (Å²) < 4.78 is 4.45. The van der Waals surface area contributed by atoms with Gasteiger partial charge in [0.2, 0.25) is 5.95 Å². The molecule has 3 rings (SSSR count). The van der Waals surface area contributed by atoms with Crippen LogP contribution in [0.3, 0.4) is 0 Å². The summed E-state index contributed by atoms with van der Waals surface area (Å²) in [5.41, 5.74) is 1.66. The Balaban J connectivity index is 2.32. The van der Waals surface area contributed by atoms with Crippen molar-refractivity contribution in [3.8, 4) is 0 Å². The van der Waals surface area contributed by atoms with Gasteiger partial charge in [0.1, 0.15) is 0 Å². The molecule has 8 heteroatoms. The minimum atomic E-state index is -0.395.